The lowest BCUT2D eigenvalue weighted by Gasteiger charge is -2.03. The van der Waals surface area contributed by atoms with Crippen molar-refractivity contribution in [2.45, 2.75) is 11.7 Å². The number of hydrogen-bond donors (Lipinski definition) is 2. The molecule has 170 valence electrons. The van der Waals surface area contributed by atoms with Gasteiger partial charge < -0.3 is 10.1 Å². The SMILES string of the molecule is COc1ccc(-c2csc(NC(=O)CSc3[nH]c4ccccc4[n+]3Cc3ccccc3)n2)cc1. The van der Waals surface area contributed by atoms with Crippen molar-refractivity contribution in [2.75, 3.05) is 18.2 Å². The maximum Gasteiger partial charge on any atom is 0.317 e. The number of rotatable bonds is 8. The van der Waals surface area contributed by atoms with E-state index in [2.05, 4.69) is 44.1 Å². The van der Waals surface area contributed by atoms with E-state index in [0.29, 0.717) is 5.13 Å². The Labute approximate surface area is 205 Å². The number of anilines is 1. The van der Waals surface area contributed by atoms with E-state index < -0.39 is 0 Å². The predicted molar refractivity (Wildman–Crippen MR) is 137 cm³/mol. The van der Waals surface area contributed by atoms with Crippen LogP contribution in [-0.2, 0) is 11.3 Å². The molecule has 0 bridgehead atoms. The minimum absolute atomic E-state index is 0.0921. The number of aromatic nitrogens is 3. The number of H-pyrrole nitrogens is 1. The molecule has 2 N–H and O–H groups in total. The number of nitrogens with one attached hydrogen (secondary N) is 2. The van der Waals surface area contributed by atoms with Gasteiger partial charge in [0.25, 0.3) is 0 Å². The Kier molecular flexibility index (Phi) is 6.60. The van der Waals surface area contributed by atoms with Crippen LogP contribution in [-0.4, -0.2) is 28.7 Å². The average Bonchev–Trinajstić information content (AvgIpc) is 3.48. The molecule has 0 unspecified atom stereocenters. The van der Waals surface area contributed by atoms with Crippen molar-refractivity contribution >= 4 is 45.2 Å². The lowest BCUT2D eigenvalue weighted by molar-refractivity contribution is -0.700. The van der Waals surface area contributed by atoms with Crippen LogP contribution in [0.5, 0.6) is 5.75 Å². The molecule has 2 heterocycles. The number of thiazole rings is 1. The summed E-state index contributed by atoms with van der Waals surface area (Å²) in [5.41, 5.74) is 5.17. The first-order chi connectivity index (χ1) is 16.7. The topological polar surface area (TPSA) is 70.9 Å². The molecule has 6 nitrogen and oxygen atoms in total. The highest BCUT2D eigenvalue weighted by atomic mass is 32.2. The summed E-state index contributed by atoms with van der Waals surface area (Å²) in [4.78, 5) is 20.7. The third-order valence-electron chi connectivity index (χ3n) is 5.34. The number of para-hydroxylation sites is 2. The van der Waals surface area contributed by atoms with Gasteiger partial charge in [-0.2, -0.15) is 0 Å². The number of amides is 1. The van der Waals surface area contributed by atoms with Crippen LogP contribution in [0.3, 0.4) is 0 Å². The molecule has 0 saturated carbocycles. The second-order valence-corrected chi connectivity index (χ2v) is 9.44. The summed E-state index contributed by atoms with van der Waals surface area (Å²) in [6.45, 7) is 0.729. The zero-order valence-electron chi connectivity index (χ0n) is 18.5. The van der Waals surface area contributed by atoms with E-state index in [0.717, 1.165) is 39.7 Å². The molecular weight excluding hydrogens is 464 g/mol. The molecule has 0 aliphatic heterocycles. The first kappa shape index (κ1) is 22.2. The van der Waals surface area contributed by atoms with E-state index in [1.165, 1.54) is 28.7 Å². The Morgan fingerprint density at radius 2 is 1.82 bits per heavy atom. The van der Waals surface area contributed by atoms with E-state index in [9.17, 15) is 4.79 Å². The number of ether oxygens (including phenoxy) is 1. The average molecular weight is 488 g/mol. The highest BCUT2D eigenvalue weighted by Crippen LogP contribution is 2.27. The van der Waals surface area contributed by atoms with Crippen molar-refractivity contribution in [3.8, 4) is 17.0 Å². The maximum atomic E-state index is 12.7. The van der Waals surface area contributed by atoms with E-state index in [1.807, 2.05) is 60.0 Å². The van der Waals surface area contributed by atoms with Gasteiger partial charge in [-0.25, -0.2) is 14.5 Å². The number of methoxy groups -OCH3 is 1. The summed E-state index contributed by atoms with van der Waals surface area (Å²) in [5, 5.41) is 6.40. The molecule has 0 radical (unpaired) electrons. The van der Waals surface area contributed by atoms with Crippen molar-refractivity contribution < 1.29 is 14.1 Å². The first-order valence-corrected chi connectivity index (χ1v) is 12.6. The van der Waals surface area contributed by atoms with E-state index in [1.54, 1.807) is 7.11 Å². The molecule has 2 aromatic heterocycles. The fraction of sp³-hybridized carbons (Fsp3) is 0.115. The third kappa shape index (κ3) is 4.98. The van der Waals surface area contributed by atoms with Crippen LogP contribution < -0.4 is 14.6 Å². The van der Waals surface area contributed by atoms with Gasteiger partial charge >= 0.3 is 5.16 Å². The fourth-order valence-electron chi connectivity index (χ4n) is 3.66. The van der Waals surface area contributed by atoms with Crippen LogP contribution in [0.25, 0.3) is 22.3 Å². The summed E-state index contributed by atoms with van der Waals surface area (Å²) in [7, 11) is 1.64. The molecule has 0 fully saturated rings. The van der Waals surface area contributed by atoms with Gasteiger partial charge in [-0.05, 0) is 53.7 Å². The summed E-state index contributed by atoms with van der Waals surface area (Å²) >= 11 is 2.90. The molecule has 3 aromatic carbocycles. The molecule has 0 spiro atoms. The fourth-order valence-corrected chi connectivity index (χ4v) is 5.24. The van der Waals surface area contributed by atoms with E-state index in [-0.39, 0.29) is 11.7 Å². The predicted octanol–water partition coefficient (Wildman–Crippen LogP) is 5.37. The van der Waals surface area contributed by atoms with Gasteiger partial charge in [0.2, 0.25) is 5.91 Å². The van der Waals surface area contributed by atoms with Gasteiger partial charge in [-0.1, -0.05) is 42.5 Å². The van der Waals surface area contributed by atoms with Crippen molar-refractivity contribution in [3.05, 3.63) is 89.8 Å². The van der Waals surface area contributed by atoms with Gasteiger partial charge in [0.05, 0.1) is 18.6 Å². The van der Waals surface area contributed by atoms with Crippen molar-refractivity contribution in [3.63, 3.8) is 0 Å². The number of benzene rings is 3. The molecule has 8 heteroatoms. The Balaban J connectivity index is 1.27. The van der Waals surface area contributed by atoms with Crippen LogP contribution in [0, 0.1) is 0 Å². The van der Waals surface area contributed by atoms with Crippen molar-refractivity contribution in [2.24, 2.45) is 0 Å². The quantitative estimate of drug-likeness (QED) is 0.228. The lowest BCUT2D eigenvalue weighted by Crippen LogP contribution is -2.35. The zero-order chi connectivity index (χ0) is 23.3. The number of carbonyl (C=O) groups is 1. The van der Waals surface area contributed by atoms with Crippen LogP contribution in [0.2, 0.25) is 0 Å². The number of thioether (sulfide) groups is 1. The van der Waals surface area contributed by atoms with E-state index in [4.69, 9.17) is 4.74 Å². The number of hydrogen-bond acceptors (Lipinski definition) is 5. The minimum Gasteiger partial charge on any atom is -0.497 e. The summed E-state index contributed by atoms with van der Waals surface area (Å²) in [5.74, 6) is 0.982. The Morgan fingerprint density at radius 1 is 1.06 bits per heavy atom. The summed E-state index contributed by atoms with van der Waals surface area (Å²) < 4.78 is 7.42. The number of fused-ring (bicyclic) bond motifs is 1. The molecule has 5 aromatic rings. The number of carbonyl (C=O) groups excluding carboxylic acids is 1. The Bertz CT molecular complexity index is 1410. The molecule has 5 rings (SSSR count). The molecule has 34 heavy (non-hydrogen) atoms. The number of nitrogens with zero attached hydrogens (tertiary/aromatic N) is 2. The van der Waals surface area contributed by atoms with Gasteiger partial charge in [-0.15, -0.1) is 11.3 Å². The monoisotopic (exact) mass is 487 g/mol. The molecular formula is C26H23N4O2S2+. The van der Waals surface area contributed by atoms with Crippen molar-refractivity contribution in [1.29, 1.82) is 0 Å². The normalized spacial score (nSPS) is 11.0. The minimum atomic E-state index is -0.0921. The Hall–Kier alpha value is -3.62. The van der Waals surface area contributed by atoms with Crippen LogP contribution in [0.15, 0.2) is 89.4 Å². The summed E-state index contributed by atoms with van der Waals surface area (Å²) in [6.07, 6.45) is 0. The lowest BCUT2D eigenvalue weighted by atomic mass is 10.2. The standard InChI is InChI=1S/C26H22N4O2S2/c1-32-20-13-11-19(12-14-20)22-16-33-25(27-22)29-24(31)17-34-26-28-21-9-5-6-10-23(21)30(26)15-18-7-3-2-4-8-18/h2-14,16H,15,17H2,1H3,(H,27,29,31)/p+1. The third-order valence-corrected chi connectivity index (χ3v) is 7.10. The Morgan fingerprint density at radius 3 is 2.62 bits per heavy atom. The van der Waals surface area contributed by atoms with Gasteiger partial charge in [-0.3, -0.25) is 4.79 Å². The van der Waals surface area contributed by atoms with Gasteiger partial charge in [0.15, 0.2) is 16.2 Å². The second-order valence-electron chi connectivity index (χ2n) is 7.62. The van der Waals surface area contributed by atoms with Crippen LogP contribution >= 0.6 is 23.1 Å². The smallest absolute Gasteiger partial charge is 0.317 e. The van der Waals surface area contributed by atoms with E-state index >= 15 is 0 Å². The molecule has 0 aliphatic rings. The molecule has 1 amide bonds. The first-order valence-electron chi connectivity index (χ1n) is 10.8. The maximum absolute atomic E-state index is 12.7. The summed E-state index contributed by atoms with van der Waals surface area (Å²) in [6, 6.07) is 26.2. The zero-order valence-corrected chi connectivity index (χ0v) is 20.2. The molecule has 0 atom stereocenters. The second kappa shape index (κ2) is 10.1. The number of imidazole rings is 1. The number of aromatic amines is 1. The van der Waals surface area contributed by atoms with Crippen LogP contribution in [0.4, 0.5) is 5.13 Å². The largest absolute Gasteiger partial charge is 0.497 e. The van der Waals surface area contributed by atoms with Crippen molar-refractivity contribution in [1.82, 2.24) is 9.97 Å². The molecule has 0 aliphatic carbocycles. The van der Waals surface area contributed by atoms with Gasteiger partial charge in [0, 0.05) is 10.9 Å². The highest BCUT2D eigenvalue weighted by molar-refractivity contribution is 7.99. The van der Waals surface area contributed by atoms with Gasteiger partial charge in [0.1, 0.15) is 12.3 Å². The molecule has 0 saturated heterocycles. The highest BCUT2D eigenvalue weighted by Gasteiger charge is 2.20. The van der Waals surface area contributed by atoms with Crippen LogP contribution in [0.1, 0.15) is 5.56 Å².